The molecule has 0 aromatic heterocycles. The number of benzene rings is 3. The van der Waals surface area contributed by atoms with Crippen LogP contribution in [0.15, 0.2) is 90.0 Å². The van der Waals surface area contributed by atoms with E-state index in [9.17, 15) is 4.79 Å². The van der Waals surface area contributed by atoms with Crippen molar-refractivity contribution in [2.45, 2.75) is 13.3 Å². The van der Waals surface area contributed by atoms with Gasteiger partial charge in [0.1, 0.15) is 5.75 Å². The fraction of sp³-hybridized carbons (Fsp3) is 0.130. The number of hydrogen-bond donors (Lipinski definition) is 1. The Balaban J connectivity index is 1.64. The molecule has 0 spiro atoms. The van der Waals surface area contributed by atoms with Crippen LogP contribution in [0.3, 0.4) is 0 Å². The quantitative estimate of drug-likeness (QED) is 0.493. The van der Waals surface area contributed by atoms with Crippen molar-refractivity contribution in [3.8, 4) is 16.9 Å². The zero-order chi connectivity index (χ0) is 18.9. The van der Waals surface area contributed by atoms with E-state index in [2.05, 4.69) is 10.5 Å². The van der Waals surface area contributed by atoms with Gasteiger partial charge in [-0.05, 0) is 23.6 Å². The highest BCUT2D eigenvalue weighted by Crippen LogP contribution is 2.29. The molecule has 3 aromatic rings. The summed E-state index contributed by atoms with van der Waals surface area (Å²) >= 11 is 0. The maximum Gasteiger partial charge on any atom is 0.277 e. The monoisotopic (exact) mass is 358 g/mol. The molecule has 27 heavy (non-hydrogen) atoms. The Bertz CT molecular complexity index is 906. The molecule has 0 radical (unpaired) electrons. The molecular weight excluding hydrogens is 336 g/mol. The topological polar surface area (TPSA) is 50.7 Å². The molecule has 0 heterocycles. The predicted molar refractivity (Wildman–Crippen MR) is 109 cm³/mol. The number of rotatable bonds is 7. The van der Waals surface area contributed by atoms with Crippen molar-refractivity contribution in [2.24, 2.45) is 5.10 Å². The Hall–Kier alpha value is -3.40. The molecule has 4 heteroatoms. The molecule has 0 saturated heterocycles. The van der Waals surface area contributed by atoms with E-state index >= 15 is 0 Å². The summed E-state index contributed by atoms with van der Waals surface area (Å²) in [4.78, 5) is 12.2. The zero-order valence-corrected chi connectivity index (χ0v) is 15.3. The first-order chi connectivity index (χ1) is 13.3. The molecule has 136 valence electrons. The van der Waals surface area contributed by atoms with Gasteiger partial charge in [0.05, 0.1) is 5.71 Å². The summed E-state index contributed by atoms with van der Waals surface area (Å²) in [6.07, 6.45) is 0.724. The molecule has 0 aliphatic heterocycles. The Morgan fingerprint density at radius 3 is 2.22 bits per heavy atom. The zero-order valence-electron chi connectivity index (χ0n) is 15.3. The number of ether oxygens (including phenoxy) is 1. The number of hydrazone groups is 1. The van der Waals surface area contributed by atoms with Crippen molar-refractivity contribution in [3.63, 3.8) is 0 Å². The largest absolute Gasteiger partial charge is 0.483 e. The van der Waals surface area contributed by atoms with Crippen molar-refractivity contribution in [2.75, 3.05) is 6.61 Å². The van der Waals surface area contributed by atoms with Crippen LogP contribution in [-0.4, -0.2) is 18.2 Å². The number of carbonyl (C=O) groups is 1. The molecular formula is C23H22N2O2. The van der Waals surface area contributed by atoms with E-state index in [0.717, 1.165) is 28.8 Å². The smallest absolute Gasteiger partial charge is 0.277 e. The second-order valence-electron chi connectivity index (χ2n) is 5.96. The summed E-state index contributed by atoms with van der Waals surface area (Å²) < 4.78 is 5.74. The van der Waals surface area contributed by atoms with Crippen LogP contribution >= 0.6 is 0 Å². The van der Waals surface area contributed by atoms with E-state index in [1.165, 1.54) is 0 Å². The van der Waals surface area contributed by atoms with Crippen molar-refractivity contribution < 1.29 is 9.53 Å². The minimum atomic E-state index is -0.292. The summed E-state index contributed by atoms with van der Waals surface area (Å²) in [6.45, 7) is 1.91. The summed E-state index contributed by atoms with van der Waals surface area (Å²) in [6, 6.07) is 27.4. The van der Waals surface area contributed by atoms with Gasteiger partial charge in [-0.1, -0.05) is 85.8 Å². The molecule has 1 amide bonds. The highest BCUT2D eigenvalue weighted by Gasteiger charge is 2.08. The minimum Gasteiger partial charge on any atom is -0.483 e. The molecule has 0 atom stereocenters. The first-order valence-corrected chi connectivity index (χ1v) is 8.96. The molecule has 0 fully saturated rings. The van der Waals surface area contributed by atoms with Gasteiger partial charge in [0.15, 0.2) is 6.61 Å². The van der Waals surface area contributed by atoms with Gasteiger partial charge in [-0.25, -0.2) is 5.43 Å². The Morgan fingerprint density at radius 1 is 0.889 bits per heavy atom. The number of nitrogens with zero attached hydrogens (tertiary/aromatic N) is 1. The van der Waals surface area contributed by atoms with Crippen molar-refractivity contribution in [1.82, 2.24) is 5.43 Å². The molecule has 0 bridgehead atoms. The maximum absolute atomic E-state index is 12.2. The molecule has 0 aliphatic carbocycles. The lowest BCUT2D eigenvalue weighted by molar-refractivity contribution is -0.123. The Kier molecular flexibility index (Phi) is 6.36. The van der Waals surface area contributed by atoms with Crippen LogP contribution in [0.4, 0.5) is 0 Å². The van der Waals surface area contributed by atoms with Crippen LogP contribution in [0.25, 0.3) is 11.1 Å². The molecule has 4 nitrogen and oxygen atoms in total. The van der Waals surface area contributed by atoms with Gasteiger partial charge in [0.2, 0.25) is 0 Å². The van der Waals surface area contributed by atoms with Crippen LogP contribution in [-0.2, 0) is 4.79 Å². The normalized spacial score (nSPS) is 11.1. The number of hydrogen-bond acceptors (Lipinski definition) is 3. The summed E-state index contributed by atoms with van der Waals surface area (Å²) in [5, 5.41) is 4.24. The number of amides is 1. The maximum atomic E-state index is 12.2. The third kappa shape index (κ3) is 5.05. The third-order valence-corrected chi connectivity index (χ3v) is 4.09. The Morgan fingerprint density at radius 2 is 1.52 bits per heavy atom. The van der Waals surface area contributed by atoms with Gasteiger partial charge >= 0.3 is 0 Å². The average molecular weight is 358 g/mol. The lowest BCUT2D eigenvalue weighted by Crippen LogP contribution is -2.26. The molecule has 0 unspecified atom stereocenters. The second kappa shape index (κ2) is 9.34. The van der Waals surface area contributed by atoms with Gasteiger partial charge in [0, 0.05) is 5.56 Å². The molecule has 0 aliphatic rings. The van der Waals surface area contributed by atoms with Crippen LogP contribution in [0, 0.1) is 0 Å². The molecule has 3 rings (SSSR count). The fourth-order valence-corrected chi connectivity index (χ4v) is 2.73. The molecule has 0 saturated carbocycles. The minimum absolute atomic E-state index is 0.0981. The van der Waals surface area contributed by atoms with Crippen molar-refractivity contribution >= 4 is 11.6 Å². The first kappa shape index (κ1) is 18.4. The molecule has 3 aromatic carbocycles. The highest BCUT2D eigenvalue weighted by atomic mass is 16.5. The highest BCUT2D eigenvalue weighted by molar-refractivity contribution is 6.00. The second-order valence-corrected chi connectivity index (χ2v) is 5.96. The lowest BCUT2D eigenvalue weighted by atomic mass is 10.1. The van der Waals surface area contributed by atoms with E-state index < -0.39 is 0 Å². The number of carbonyl (C=O) groups excluding carboxylic acids is 1. The van der Waals surface area contributed by atoms with Crippen molar-refractivity contribution in [1.29, 1.82) is 0 Å². The van der Waals surface area contributed by atoms with Crippen LogP contribution in [0.5, 0.6) is 5.75 Å². The van der Waals surface area contributed by atoms with E-state index in [-0.39, 0.29) is 12.5 Å². The van der Waals surface area contributed by atoms with Crippen LogP contribution < -0.4 is 10.2 Å². The van der Waals surface area contributed by atoms with Crippen LogP contribution in [0.1, 0.15) is 18.9 Å². The summed E-state index contributed by atoms with van der Waals surface area (Å²) in [5.41, 5.74) is 6.41. The fourth-order valence-electron chi connectivity index (χ4n) is 2.73. The van der Waals surface area contributed by atoms with Gasteiger partial charge in [-0.3, -0.25) is 4.79 Å². The average Bonchev–Trinajstić information content (AvgIpc) is 2.74. The van der Waals surface area contributed by atoms with E-state index in [1.54, 1.807) is 0 Å². The number of para-hydroxylation sites is 1. The van der Waals surface area contributed by atoms with E-state index in [4.69, 9.17) is 4.74 Å². The van der Waals surface area contributed by atoms with Gasteiger partial charge in [-0.15, -0.1) is 0 Å². The lowest BCUT2D eigenvalue weighted by Gasteiger charge is -2.11. The Labute approximate surface area is 159 Å². The molecule has 1 N–H and O–H groups in total. The standard InChI is InChI=1S/C23H22N2O2/c1-2-21(19-13-7-4-8-14-19)24-25-23(26)17-27-22-16-10-9-15-20(22)18-11-5-3-6-12-18/h3-16H,2,17H2,1H3,(H,25,26). The summed E-state index contributed by atoms with van der Waals surface area (Å²) in [5.74, 6) is 0.376. The van der Waals surface area contributed by atoms with E-state index in [0.29, 0.717) is 5.75 Å². The van der Waals surface area contributed by atoms with Gasteiger partial charge < -0.3 is 4.74 Å². The van der Waals surface area contributed by atoms with Gasteiger partial charge in [-0.2, -0.15) is 5.10 Å². The van der Waals surface area contributed by atoms with Crippen molar-refractivity contribution in [3.05, 3.63) is 90.5 Å². The third-order valence-electron chi connectivity index (χ3n) is 4.09. The number of nitrogens with one attached hydrogen (secondary N) is 1. The predicted octanol–water partition coefficient (Wildman–Crippen LogP) is 4.66. The van der Waals surface area contributed by atoms with E-state index in [1.807, 2.05) is 91.9 Å². The van der Waals surface area contributed by atoms with Crippen LogP contribution in [0.2, 0.25) is 0 Å². The first-order valence-electron chi connectivity index (χ1n) is 8.96. The SMILES string of the molecule is CCC(=NNC(=O)COc1ccccc1-c1ccccc1)c1ccccc1. The van der Waals surface area contributed by atoms with Gasteiger partial charge in [0.25, 0.3) is 5.91 Å². The summed E-state index contributed by atoms with van der Waals surface area (Å²) in [7, 11) is 0.